The van der Waals surface area contributed by atoms with Gasteiger partial charge in [0.2, 0.25) is 11.8 Å². The van der Waals surface area contributed by atoms with Crippen molar-refractivity contribution in [1.82, 2.24) is 10.2 Å². The molecule has 1 fully saturated rings. The molecule has 1 heterocycles. The van der Waals surface area contributed by atoms with Gasteiger partial charge in [-0.05, 0) is 37.5 Å². The van der Waals surface area contributed by atoms with Gasteiger partial charge in [-0.25, -0.2) is 0 Å². The summed E-state index contributed by atoms with van der Waals surface area (Å²) in [7, 11) is 0. The number of hydrogen-bond donors (Lipinski definition) is 2. The summed E-state index contributed by atoms with van der Waals surface area (Å²) in [6, 6.07) is 6.92. The van der Waals surface area contributed by atoms with Crippen molar-refractivity contribution < 1.29 is 14.4 Å². The topological polar surface area (TPSA) is 78.5 Å². The van der Waals surface area contributed by atoms with Crippen LogP contribution in [0, 0.1) is 5.41 Å². The zero-order valence-electron chi connectivity index (χ0n) is 16.6. The van der Waals surface area contributed by atoms with E-state index < -0.39 is 5.41 Å². The molecule has 6 nitrogen and oxygen atoms in total. The molecule has 0 radical (unpaired) electrons. The maximum Gasteiger partial charge on any atom is 0.251 e. The monoisotopic (exact) mass is 373 g/mol. The van der Waals surface area contributed by atoms with Crippen LogP contribution in [0.4, 0.5) is 5.69 Å². The van der Waals surface area contributed by atoms with E-state index in [-0.39, 0.29) is 17.7 Å². The molecule has 0 saturated carbocycles. The van der Waals surface area contributed by atoms with Crippen LogP contribution in [0.2, 0.25) is 0 Å². The van der Waals surface area contributed by atoms with Crippen LogP contribution in [0.1, 0.15) is 63.2 Å². The summed E-state index contributed by atoms with van der Waals surface area (Å²) < 4.78 is 0. The highest BCUT2D eigenvalue weighted by Crippen LogP contribution is 2.18. The van der Waals surface area contributed by atoms with E-state index in [0.29, 0.717) is 30.8 Å². The number of rotatable bonds is 6. The highest BCUT2D eigenvalue weighted by Gasteiger charge is 2.21. The number of carbonyl (C=O) groups is 3. The first-order valence-electron chi connectivity index (χ1n) is 9.75. The lowest BCUT2D eigenvalue weighted by molar-refractivity contribution is -0.130. The number of benzene rings is 1. The molecule has 1 saturated heterocycles. The third kappa shape index (κ3) is 6.70. The molecule has 0 unspecified atom stereocenters. The first-order chi connectivity index (χ1) is 12.8. The summed E-state index contributed by atoms with van der Waals surface area (Å²) >= 11 is 0. The average Bonchev–Trinajstić information content (AvgIpc) is 2.82. The molecule has 2 rings (SSSR count). The second-order valence-electron chi connectivity index (χ2n) is 8.09. The van der Waals surface area contributed by atoms with Crippen molar-refractivity contribution >= 4 is 23.4 Å². The van der Waals surface area contributed by atoms with Gasteiger partial charge in [-0.2, -0.15) is 0 Å². The SMILES string of the molecule is CC(C)(C)C(=O)Nc1cccc(C(=O)NCCCN2CCCCCC2=O)c1. The lowest BCUT2D eigenvalue weighted by atomic mass is 9.95. The Morgan fingerprint density at radius 2 is 1.93 bits per heavy atom. The summed E-state index contributed by atoms with van der Waals surface area (Å²) in [5.74, 6) is -0.0488. The zero-order chi connectivity index (χ0) is 19.9. The number of nitrogens with zero attached hydrogens (tertiary/aromatic N) is 1. The summed E-state index contributed by atoms with van der Waals surface area (Å²) in [4.78, 5) is 38.3. The molecular weight excluding hydrogens is 342 g/mol. The van der Waals surface area contributed by atoms with Gasteiger partial charge in [0.1, 0.15) is 0 Å². The minimum Gasteiger partial charge on any atom is -0.352 e. The molecule has 1 aromatic rings. The molecule has 3 amide bonds. The van der Waals surface area contributed by atoms with Crippen molar-refractivity contribution in [2.24, 2.45) is 5.41 Å². The van der Waals surface area contributed by atoms with Gasteiger partial charge in [0, 0.05) is 42.7 Å². The minimum atomic E-state index is -0.497. The molecule has 0 aliphatic carbocycles. The Morgan fingerprint density at radius 3 is 2.67 bits per heavy atom. The van der Waals surface area contributed by atoms with Crippen molar-refractivity contribution in [3.05, 3.63) is 29.8 Å². The van der Waals surface area contributed by atoms with Crippen LogP contribution in [-0.4, -0.2) is 42.3 Å². The fourth-order valence-electron chi connectivity index (χ4n) is 2.91. The number of carbonyl (C=O) groups excluding carboxylic acids is 3. The molecule has 6 heteroatoms. The van der Waals surface area contributed by atoms with Gasteiger partial charge in [0.25, 0.3) is 5.91 Å². The Bertz CT molecular complexity index is 679. The number of anilines is 1. The summed E-state index contributed by atoms with van der Waals surface area (Å²) in [5, 5.41) is 5.73. The van der Waals surface area contributed by atoms with E-state index in [1.807, 2.05) is 25.7 Å². The second kappa shape index (κ2) is 9.53. The van der Waals surface area contributed by atoms with Gasteiger partial charge >= 0.3 is 0 Å². The predicted molar refractivity (Wildman–Crippen MR) is 107 cm³/mol. The molecule has 0 spiro atoms. The Balaban J connectivity index is 1.81. The van der Waals surface area contributed by atoms with Crippen molar-refractivity contribution in [1.29, 1.82) is 0 Å². The largest absolute Gasteiger partial charge is 0.352 e. The van der Waals surface area contributed by atoms with Crippen LogP contribution < -0.4 is 10.6 Å². The molecule has 0 aromatic heterocycles. The van der Waals surface area contributed by atoms with Gasteiger partial charge in [-0.1, -0.05) is 33.3 Å². The van der Waals surface area contributed by atoms with Crippen molar-refractivity contribution in [3.8, 4) is 0 Å². The van der Waals surface area contributed by atoms with Crippen LogP contribution in [0.15, 0.2) is 24.3 Å². The van der Waals surface area contributed by atoms with Gasteiger partial charge in [-0.3, -0.25) is 14.4 Å². The lowest BCUT2D eigenvalue weighted by Crippen LogP contribution is -2.34. The quantitative estimate of drug-likeness (QED) is 0.752. The van der Waals surface area contributed by atoms with E-state index in [0.717, 1.165) is 32.2 Å². The number of likely N-dealkylation sites (tertiary alicyclic amines) is 1. The third-order valence-corrected chi connectivity index (χ3v) is 4.63. The fourth-order valence-corrected chi connectivity index (χ4v) is 2.91. The summed E-state index contributed by atoms with van der Waals surface area (Å²) in [5.41, 5.74) is 0.619. The highest BCUT2D eigenvalue weighted by molar-refractivity contribution is 5.98. The zero-order valence-corrected chi connectivity index (χ0v) is 16.6. The first kappa shape index (κ1) is 20.9. The summed E-state index contributed by atoms with van der Waals surface area (Å²) in [6.45, 7) is 7.54. The summed E-state index contributed by atoms with van der Waals surface area (Å²) in [6.07, 6.45) is 4.53. The predicted octanol–water partition coefficient (Wildman–Crippen LogP) is 3.19. The van der Waals surface area contributed by atoms with E-state index >= 15 is 0 Å². The lowest BCUT2D eigenvalue weighted by Gasteiger charge is -2.20. The van der Waals surface area contributed by atoms with Crippen LogP contribution in [-0.2, 0) is 9.59 Å². The standard InChI is InChI=1S/C21H31N3O3/c1-21(2,3)20(27)23-17-10-7-9-16(15-17)19(26)22-12-8-14-24-13-6-4-5-11-18(24)25/h7,9-10,15H,4-6,8,11-14H2,1-3H3,(H,22,26)(H,23,27). The van der Waals surface area contributed by atoms with Gasteiger partial charge in [-0.15, -0.1) is 0 Å². The molecule has 2 N–H and O–H groups in total. The first-order valence-corrected chi connectivity index (χ1v) is 9.75. The van der Waals surface area contributed by atoms with Crippen LogP contribution in [0.3, 0.4) is 0 Å². The molecule has 0 atom stereocenters. The van der Waals surface area contributed by atoms with Crippen molar-refractivity contribution in [2.45, 2.75) is 52.9 Å². The maximum atomic E-state index is 12.3. The Labute approximate surface area is 161 Å². The van der Waals surface area contributed by atoms with E-state index in [4.69, 9.17) is 0 Å². The van der Waals surface area contributed by atoms with Crippen molar-refractivity contribution in [3.63, 3.8) is 0 Å². The second-order valence-corrected chi connectivity index (χ2v) is 8.09. The fraction of sp³-hybridized carbons (Fsp3) is 0.571. The number of hydrogen-bond acceptors (Lipinski definition) is 3. The van der Waals surface area contributed by atoms with Crippen LogP contribution in [0.5, 0.6) is 0 Å². The molecule has 1 aliphatic heterocycles. The minimum absolute atomic E-state index is 0.0952. The Hall–Kier alpha value is -2.37. The molecular formula is C21H31N3O3. The Morgan fingerprint density at radius 1 is 1.15 bits per heavy atom. The van der Waals surface area contributed by atoms with E-state index in [1.54, 1.807) is 24.3 Å². The average molecular weight is 373 g/mol. The van der Waals surface area contributed by atoms with Gasteiger partial charge in [0.15, 0.2) is 0 Å². The number of nitrogens with one attached hydrogen (secondary N) is 2. The number of amides is 3. The van der Waals surface area contributed by atoms with Crippen LogP contribution in [0.25, 0.3) is 0 Å². The molecule has 148 valence electrons. The van der Waals surface area contributed by atoms with Gasteiger partial charge < -0.3 is 15.5 Å². The smallest absolute Gasteiger partial charge is 0.251 e. The molecule has 1 aliphatic rings. The Kier molecular flexibility index (Phi) is 7.39. The third-order valence-electron chi connectivity index (χ3n) is 4.63. The molecule has 1 aromatic carbocycles. The van der Waals surface area contributed by atoms with Crippen LogP contribution >= 0.6 is 0 Å². The molecule has 27 heavy (non-hydrogen) atoms. The normalized spacial score (nSPS) is 15.2. The van der Waals surface area contributed by atoms with E-state index in [2.05, 4.69) is 10.6 Å². The van der Waals surface area contributed by atoms with Gasteiger partial charge in [0.05, 0.1) is 0 Å². The van der Waals surface area contributed by atoms with E-state index in [9.17, 15) is 14.4 Å². The molecule has 0 bridgehead atoms. The highest BCUT2D eigenvalue weighted by atomic mass is 16.2. The maximum absolute atomic E-state index is 12.3. The van der Waals surface area contributed by atoms with Crippen molar-refractivity contribution in [2.75, 3.05) is 25.0 Å². The van der Waals surface area contributed by atoms with E-state index in [1.165, 1.54) is 0 Å².